The van der Waals surface area contributed by atoms with Crippen LogP contribution in [0, 0.1) is 5.92 Å². The number of rotatable bonds is 2. The maximum atomic E-state index is 11.0. The van der Waals surface area contributed by atoms with Gasteiger partial charge in [0.1, 0.15) is 5.78 Å². The third-order valence-electron chi connectivity index (χ3n) is 1.78. The third-order valence-corrected chi connectivity index (χ3v) is 1.78. The Hall–Kier alpha value is -1.12. The number of hydrogen-bond donors (Lipinski definition) is 1. The Kier molecular flexibility index (Phi) is 2.41. The summed E-state index contributed by atoms with van der Waals surface area (Å²) in [5, 5.41) is 8.41. The van der Waals surface area contributed by atoms with E-state index in [9.17, 15) is 9.59 Å². The molecular formula is C8H10O3. The minimum absolute atomic E-state index is 0.0246. The molecule has 0 heterocycles. The molecule has 0 aromatic heterocycles. The fourth-order valence-corrected chi connectivity index (χ4v) is 1.17. The minimum atomic E-state index is -0.890. The molecule has 0 aromatic carbocycles. The van der Waals surface area contributed by atoms with E-state index < -0.39 is 5.97 Å². The predicted octanol–water partition coefficient (Wildman–Crippen LogP) is 0.996. The molecule has 1 unspecified atom stereocenters. The van der Waals surface area contributed by atoms with Crippen LogP contribution < -0.4 is 0 Å². The first-order valence-corrected chi connectivity index (χ1v) is 3.59. The number of carbonyl (C=O) groups excluding carboxylic acids is 1. The van der Waals surface area contributed by atoms with Crippen LogP contribution in [0.25, 0.3) is 0 Å². The van der Waals surface area contributed by atoms with Gasteiger partial charge in [-0.05, 0) is 6.42 Å². The fourth-order valence-electron chi connectivity index (χ4n) is 1.17. The lowest BCUT2D eigenvalue weighted by Gasteiger charge is -2.13. The van der Waals surface area contributed by atoms with Gasteiger partial charge < -0.3 is 5.11 Å². The van der Waals surface area contributed by atoms with Gasteiger partial charge in [0.15, 0.2) is 0 Å². The summed E-state index contributed by atoms with van der Waals surface area (Å²) in [6, 6.07) is 0. The van der Waals surface area contributed by atoms with E-state index in [2.05, 4.69) is 0 Å². The van der Waals surface area contributed by atoms with Crippen molar-refractivity contribution in [1.82, 2.24) is 0 Å². The highest BCUT2D eigenvalue weighted by Crippen LogP contribution is 2.17. The van der Waals surface area contributed by atoms with Crippen molar-refractivity contribution in [2.24, 2.45) is 5.92 Å². The first-order valence-electron chi connectivity index (χ1n) is 3.59. The van der Waals surface area contributed by atoms with Gasteiger partial charge in [-0.2, -0.15) is 0 Å². The number of carbonyl (C=O) groups is 2. The van der Waals surface area contributed by atoms with Crippen LogP contribution in [-0.2, 0) is 9.59 Å². The van der Waals surface area contributed by atoms with Crippen LogP contribution in [0.2, 0.25) is 0 Å². The van der Waals surface area contributed by atoms with Crippen LogP contribution in [0.15, 0.2) is 12.2 Å². The van der Waals surface area contributed by atoms with Crippen molar-refractivity contribution in [1.29, 1.82) is 0 Å². The summed E-state index contributed by atoms with van der Waals surface area (Å²) < 4.78 is 0. The maximum Gasteiger partial charge on any atom is 0.304 e. The molecule has 3 nitrogen and oxygen atoms in total. The fraction of sp³-hybridized carbons (Fsp3) is 0.500. The highest BCUT2D eigenvalue weighted by Gasteiger charge is 2.21. The van der Waals surface area contributed by atoms with Gasteiger partial charge in [-0.1, -0.05) is 12.2 Å². The molecular weight excluding hydrogens is 144 g/mol. The van der Waals surface area contributed by atoms with Gasteiger partial charge in [-0.25, -0.2) is 0 Å². The Morgan fingerprint density at radius 1 is 1.64 bits per heavy atom. The molecule has 3 heteroatoms. The summed E-state index contributed by atoms with van der Waals surface area (Å²) in [5.74, 6) is -1.12. The normalized spacial score (nSPS) is 23.6. The number of hydrogen-bond acceptors (Lipinski definition) is 2. The number of ketones is 1. The van der Waals surface area contributed by atoms with Crippen molar-refractivity contribution < 1.29 is 14.7 Å². The Labute approximate surface area is 64.7 Å². The Morgan fingerprint density at radius 3 is 2.91 bits per heavy atom. The maximum absolute atomic E-state index is 11.0. The van der Waals surface area contributed by atoms with Crippen LogP contribution in [0.5, 0.6) is 0 Å². The number of Topliss-reactive ketones (excluding diaryl/α,β-unsaturated/α-hetero) is 1. The number of carboxylic acid groups (broad SMARTS) is 1. The van der Waals surface area contributed by atoms with E-state index in [1.807, 2.05) is 6.08 Å². The van der Waals surface area contributed by atoms with Crippen LogP contribution in [0.3, 0.4) is 0 Å². The number of carboxylic acids is 1. The molecule has 0 saturated heterocycles. The van der Waals surface area contributed by atoms with Gasteiger partial charge >= 0.3 is 5.97 Å². The highest BCUT2D eigenvalue weighted by atomic mass is 16.4. The smallest absolute Gasteiger partial charge is 0.304 e. The van der Waals surface area contributed by atoms with Crippen molar-refractivity contribution in [3.8, 4) is 0 Å². The first-order chi connectivity index (χ1) is 5.20. The zero-order valence-electron chi connectivity index (χ0n) is 6.12. The average Bonchev–Trinajstić information content (AvgIpc) is 1.93. The summed E-state index contributed by atoms with van der Waals surface area (Å²) in [5.41, 5.74) is 0. The molecule has 0 radical (unpaired) electrons. The zero-order chi connectivity index (χ0) is 8.27. The van der Waals surface area contributed by atoms with E-state index in [-0.39, 0.29) is 18.1 Å². The van der Waals surface area contributed by atoms with Gasteiger partial charge in [0, 0.05) is 12.3 Å². The van der Waals surface area contributed by atoms with Crippen molar-refractivity contribution in [3.05, 3.63) is 12.2 Å². The summed E-state index contributed by atoms with van der Waals surface area (Å²) in [6.07, 6.45) is 4.63. The molecule has 1 aliphatic carbocycles. The van der Waals surface area contributed by atoms with Crippen molar-refractivity contribution in [3.63, 3.8) is 0 Å². The van der Waals surface area contributed by atoms with Gasteiger partial charge in [-0.15, -0.1) is 0 Å². The molecule has 0 aromatic rings. The molecule has 1 atom stereocenters. The number of allylic oxidation sites excluding steroid dienone is 2. The molecule has 0 fully saturated rings. The number of aliphatic carboxylic acids is 1. The largest absolute Gasteiger partial charge is 0.481 e. The standard InChI is InChI=1S/C8H10O3/c9-7-4-2-1-3-6(7)5-8(10)11/h1-2,6H,3-5H2,(H,10,11). The molecule has 0 saturated carbocycles. The summed E-state index contributed by atoms with van der Waals surface area (Å²) in [6.45, 7) is 0. The second-order valence-electron chi connectivity index (χ2n) is 2.67. The SMILES string of the molecule is O=C(O)CC1CC=CCC1=O. The molecule has 0 spiro atoms. The second-order valence-corrected chi connectivity index (χ2v) is 2.67. The van der Waals surface area contributed by atoms with E-state index in [1.54, 1.807) is 6.08 Å². The van der Waals surface area contributed by atoms with E-state index in [0.29, 0.717) is 12.8 Å². The van der Waals surface area contributed by atoms with E-state index in [0.717, 1.165) is 0 Å². The minimum Gasteiger partial charge on any atom is -0.481 e. The molecule has 11 heavy (non-hydrogen) atoms. The van der Waals surface area contributed by atoms with Gasteiger partial charge in [0.05, 0.1) is 6.42 Å². The third kappa shape index (κ3) is 2.18. The second kappa shape index (κ2) is 3.32. The van der Waals surface area contributed by atoms with Gasteiger partial charge in [-0.3, -0.25) is 9.59 Å². The average molecular weight is 154 g/mol. The summed E-state index contributed by atoms with van der Waals surface area (Å²) in [7, 11) is 0. The van der Waals surface area contributed by atoms with Gasteiger partial charge in [0.25, 0.3) is 0 Å². The lowest BCUT2D eigenvalue weighted by Crippen LogP contribution is -2.19. The molecule has 60 valence electrons. The first kappa shape index (κ1) is 7.98. The topological polar surface area (TPSA) is 54.4 Å². The summed E-state index contributed by atoms with van der Waals surface area (Å²) in [4.78, 5) is 21.3. The lowest BCUT2D eigenvalue weighted by atomic mass is 9.90. The Morgan fingerprint density at radius 2 is 2.36 bits per heavy atom. The Balaban J connectivity index is 2.51. The Bertz CT molecular complexity index is 205. The van der Waals surface area contributed by atoms with Crippen LogP contribution >= 0.6 is 0 Å². The monoisotopic (exact) mass is 154 g/mol. The molecule has 1 aliphatic rings. The quantitative estimate of drug-likeness (QED) is 0.603. The molecule has 1 N–H and O–H groups in total. The van der Waals surface area contributed by atoms with Crippen molar-refractivity contribution in [2.45, 2.75) is 19.3 Å². The van der Waals surface area contributed by atoms with Crippen molar-refractivity contribution >= 4 is 11.8 Å². The molecule has 0 amide bonds. The van der Waals surface area contributed by atoms with Crippen LogP contribution in [-0.4, -0.2) is 16.9 Å². The van der Waals surface area contributed by atoms with Crippen LogP contribution in [0.1, 0.15) is 19.3 Å². The zero-order valence-corrected chi connectivity index (χ0v) is 6.12. The summed E-state index contributed by atoms with van der Waals surface area (Å²) >= 11 is 0. The van der Waals surface area contributed by atoms with E-state index in [1.165, 1.54) is 0 Å². The lowest BCUT2D eigenvalue weighted by molar-refractivity contribution is -0.140. The van der Waals surface area contributed by atoms with E-state index >= 15 is 0 Å². The predicted molar refractivity (Wildman–Crippen MR) is 39.1 cm³/mol. The molecule has 0 bridgehead atoms. The van der Waals surface area contributed by atoms with E-state index in [4.69, 9.17) is 5.11 Å². The molecule has 0 aliphatic heterocycles. The van der Waals surface area contributed by atoms with Gasteiger partial charge in [0.2, 0.25) is 0 Å². The van der Waals surface area contributed by atoms with Crippen molar-refractivity contribution in [2.75, 3.05) is 0 Å². The molecule has 1 rings (SSSR count). The van der Waals surface area contributed by atoms with Crippen LogP contribution in [0.4, 0.5) is 0 Å². The highest BCUT2D eigenvalue weighted by molar-refractivity contribution is 5.86.